The first kappa shape index (κ1) is 17.4. The molecule has 3 heteroatoms. The Morgan fingerprint density at radius 1 is 0.625 bits per heavy atom. The van der Waals surface area contributed by atoms with E-state index < -0.39 is 0 Å². The van der Waals surface area contributed by atoms with Crippen molar-refractivity contribution in [3.05, 3.63) is 104 Å². The first-order valence-corrected chi connectivity index (χ1v) is 8.92. The van der Waals surface area contributed by atoms with Crippen molar-refractivity contribution in [1.82, 2.24) is 0 Å². The van der Waals surface area contributed by atoms with Gasteiger partial charge in [-0.1, -0.05) is 77.3 Å². The van der Waals surface area contributed by atoms with Gasteiger partial charge in [-0.15, -0.1) is 0 Å². The zero-order chi connectivity index (χ0) is 17.1. The Hall–Kier alpha value is -1.47. The number of rotatable bonds is 4. The van der Waals surface area contributed by atoms with Gasteiger partial charge in [0.25, 0.3) is 0 Å². The predicted molar refractivity (Wildman–Crippen MR) is 105 cm³/mol. The van der Waals surface area contributed by atoms with Crippen LogP contribution < -0.4 is 0 Å². The summed E-state index contributed by atoms with van der Waals surface area (Å²) in [6.07, 6.45) is 1.54. The highest BCUT2D eigenvalue weighted by molar-refractivity contribution is 6.32. The molecule has 0 radical (unpaired) electrons. The fourth-order valence-electron chi connectivity index (χ4n) is 2.67. The topological polar surface area (TPSA) is 0 Å². The lowest BCUT2D eigenvalue weighted by Gasteiger charge is -2.09. The summed E-state index contributed by atoms with van der Waals surface area (Å²) in [7, 11) is 0. The van der Waals surface area contributed by atoms with Crippen LogP contribution in [0.25, 0.3) is 0 Å². The van der Waals surface area contributed by atoms with E-state index in [-0.39, 0.29) is 0 Å². The molecule has 0 bridgehead atoms. The second-order valence-corrected chi connectivity index (χ2v) is 7.18. The maximum atomic E-state index is 6.49. The number of halogens is 3. The van der Waals surface area contributed by atoms with Crippen LogP contribution in [0.15, 0.2) is 60.7 Å². The predicted octanol–water partition coefficient (Wildman–Crippen LogP) is 7.14. The van der Waals surface area contributed by atoms with E-state index in [0.29, 0.717) is 0 Å². The number of benzene rings is 3. The van der Waals surface area contributed by atoms with Crippen molar-refractivity contribution in [2.45, 2.75) is 19.8 Å². The molecule has 0 aliphatic rings. The van der Waals surface area contributed by atoms with Gasteiger partial charge >= 0.3 is 0 Å². The molecule has 3 aromatic rings. The molecule has 0 saturated heterocycles. The monoisotopic (exact) mass is 374 g/mol. The second kappa shape index (κ2) is 7.61. The molecular weight excluding hydrogens is 359 g/mol. The van der Waals surface area contributed by atoms with E-state index in [1.807, 2.05) is 49.4 Å². The third kappa shape index (κ3) is 4.13. The van der Waals surface area contributed by atoms with Crippen LogP contribution in [0.2, 0.25) is 15.1 Å². The molecule has 3 aromatic carbocycles. The van der Waals surface area contributed by atoms with Gasteiger partial charge in [-0.2, -0.15) is 0 Å². The first-order chi connectivity index (χ1) is 11.5. The molecule has 0 aliphatic carbocycles. The lowest BCUT2D eigenvalue weighted by molar-refractivity contribution is 1.15. The highest BCUT2D eigenvalue weighted by atomic mass is 35.5. The third-order valence-corrected chi connectivity index (χ3v) is 5.23. The van der Waals surface area contributed by atoms with Gasteiger partial charge in [0.05, 0.1) is 0 Å². The van der Waals surface area contributed by atoms with Crippen LogP contribution in [-0.2, 0) is 12.8 Å². The zero-order valence-electron chi connectivity index (χ0n) is 13.3. The molecule has 0 heterocycles. The molecule has 0 amide bonds. The van der Waals surface area contributed by atoms with Crippen LogP contribution in [0, 0.1) is 6.92 Å². The Balaban J connectivity index is 1.79. The van der Waals surface area contributed by atoms with Gasteiger partial charge in [0, 0.05) is 15.1 Å². The van der Waals surface area contributed by atoms with Gasteiger partial charge in [0.15, 0.2) is 0 Å². The van der Waals surface area contributed by atoms with Gasteiger partial charge in [-0.3, -0.25) is 0 Å². The molecule has 0 aliphatic heterocycles. The zero-order valence-corrected chi connectivity index (χ0v) is 15.6. The standard InChI is InChI=1S/C21H17Cl3/c1-14-6-7-15(12-20(14)23)11-18-9-8-16(13-21(18)24)10-17-4-2-3-5-19(17)22/h2-9,12-13H,10-11H2,1H3. The molecule has 0 atom stereocenters. The average molecular weight is 376 g/mol. The van der Waals surface area contributed by atoms with Gasteiger partial charge in [-0.05, 0) is 65.8 Å². The van der Waals surface area contributed by atoms with E-state index in [9.17, 15) is 0 Å². The summed E-state index contributed by atoms with van der Waals surface area (Å²) in [6, 6.07) is 20.2. The van der Waals surface area contributed by atoms with Crippen LogP contribution in [0.3, 0.4) is 0 Å². The largest absolute Gasteiger partial charge is 0.0840 e. The van der Waals surface area contributed by atoms with Crippen molar-refractivity contribution >= 4 is 34.8 Å². The van der Waals surface area contributed by atoms with Crippen LogP contribution >= 0.6 is 34.8 Å². The minimum absolute atomic E-state index is 0.769. The highest BCUT2D eigenvalue weighted by Gasteiger charge is 2.07. The van der Waals surface area contributed by atoms with Crippen molar-refractivity contribution in [1.29, 1.82) is 0 Å². The summed E-state index contributed by atoms with van der Waals surface area (Å²) < 4.78 is 0. The number of hydrogen-bond donors (Lipinski definition) is 0. The quantitative estimate of drug-likeness (QED) is 0.454. The SMILES string of the molecule is Cc1ccc(Cc2ccc(Cc3ccccc3Cl)cc2Cl)cc1Cl. The van der Waals surface area contributed by atoms with Crippen molar-refractivity contribution in [2.24, 2.45) is 0 Å². The molecule has 0 saturated carbocycles. The second-order valence-electron chi connectivity index (χ2n) is 5.95. The van der Waals surface area contributed by atoms with E-state index >= 15 is 0 Å². The van der Waals surface area contributed by atoms with E-state index in [1.165, 1.54) is 0 Å². The Kier molecular flexibility index (Phi) is 5.50. The molecule has 0 fully saturated rings. The Morgan fingerprint density at radius 2 is 1.21 bits per heavy atom. The normalized spacial score (nSPS) is 10.8. The molecule has 0 unspecified atom stereocenters. The first-order valence-electron chi connectivity index (χ1n) is 7.78. The fraction of sp³-hybridized carbons (Fsp3) is 0.143. The van der Waals surface area contributed by atoms with Crippen molar-refractivity contribution < 1.29 is 0 Å². The molecule has 3 rings (SSSR count). The third-order valence-electron chi connectivity index (χ3n) is 4.10. The Morgan fingerprint density at radius 3 is 1.83 bits per heavy atom. The smallest absolute Gasteiger partial charge is 0.0444 e. The van der Waals surface area contributed by atoms with Crippen LogP contribution in [-0.4, -0.2) is 0 Å². The summed E-state index contributed by atoms with van der Waals surface area (Å²) in [5, 5.41) is 2.35. The van der Waals surface area contributed by atoms with Gasteiger partial charge in [0.1, 0.15) is 0 Å². The summed E-state index contributed by atoms with van der Waals surface area (Å²) in [5.41, 5.74) is 5.60. The van der Waals surface area contributed by atoms with Crippen molar-refractivity contribution in [3.63, 3.8) is 0 Å². The Labute approximate surface area is 158 Å². The average Bonchev–Trinajstić information content (AvgIpc) is 2.56. The minimum atomic E-state index is 0.769. The lowest BCUT2D eigenvalue weighted by Crippen LogP contribution is -1.94. The molecular formula is C21H17Cl3. The lowest BCUT2D eigenvalue weighted by atomic mass is 9.99. The minimum Gasteiger partial charge on any atom is -0.0840 e. The van der Waals surface area contributed by atoms with E-state index in [4.69, 9.17) is 34.8 Å². The highest BCUT2D eigenvalue weighted by Crippen LogP contribution is 2.26. The molecule has 0 spiro atoms. The summed E-state index contributed by atoms with van der Waals surface area (Å²) >= 11 is 18.9. The van der Waals surface area contributed by atoms with Crippen LogP contribution in [0.4, 0.5) is 0 Å². The van der Waals surface area contributed by atoms with Crippen molar-refractivity contribution in [3.8, 4) is 0 Å². The van der Waals surface area contributed by atoms with Crippen LogP contribution in [0.1, 0.15) is 27.8 Å². The molecule has 0 N–H and O–H groups in total. The van der Waals surface area contributed by atoms with Gasteiger partial charge in [-0.25, -0.2) is 0 Å². The summed E-state index contributed by atoms with van der Waals surface area (Å²) in [5.74, 6) is 0. The molecule has 0 aromatic heterocycles. The Bertz CT molecular complexity index is 869. The van der Waals surface area contributed by atoms with E-state index in [0.717, 1.165) is 55.7 Å². The van der Waals surface area contributed by atoms with Crippen molar-refractivity contribution in [2.75, 3.05) is 0 Å². The van der Waals surface area contributed by atoms with Crippen LogP contribution in [0.5, 0.6) is 0 Å². The molecule has 24 heavy (non-hydrogen) atoms. The summed E-state index contributed by atoms with van der Waals surface area (Å²) in [6.45, 7) is 2.00. The van der Waals surface area contributed by atoms with E-state index in [2.05, 4.69) is 18.2 Å². The number of aryl methyl sites for hydroxylation is 1. The molecule has 0 nitrogen and oxygen atoms in total. The summed E-state index contributed by atoms with van der Waals surface area (Å²) in [4.78, 5) is 0. The molecule has 122 valence electrons. The maximum absolute atomic E-state index is 6.49. The fourth-order valence-corrected chi connectivity index (χ4v) is 3.35. The maximum Gasteiger partial charge on any atom is 0.0444 e. The van der Waals surface area contributed by atoms with E-state index in [1.54, 1.807) is 0 Å². The number of hydrogen-bond acceptors (Lipinski definition) is 0. The van der Waals surface area contributed by atoms with Gasteiger partial charge < -0.3 is 0 Å². The van der Waals surface area contributed by atoms with Gasteiger partial charge in [0.2, 0.25) is 0 Å².